The summed E-state index contributed by atoms with van der Waals surface area (Å²) in [5.74, 6) is 0.643. The highest BCUT2D eigenvalue weighted by molar-refractivity contribution is 5.93. The van der Waals surface area contributed by atoms with E-state index in [0.29, 0.717) is 35.3 Å². The highest BCUT2D eigenvalue weighted by atomic mass is 16.5. The topological polar surface area (TPSA) is 68.5 Å². The molecule has 1 N–H and O–H groups in total. The second kappa shape index (κ2) is 5.77. The highest BCUT2D eigenvalue weighted by Crippen LogP contribution is 2.67. The summed E-state index contributed by atoms with van der Waals surface area (Å²) in [6.45, 7) is 5.98. The van der Waals surface area contributed by atoms with Crippen LogP contribution in [0.2, 0.25) is 0 Å². The van der Waals surface area contributed by atoms with Gasteiger partial charge in [-0.05, 0) is 61.3 Å². The molecular weight excluding hydrogens is 340 g/mol. The van der Waals surface area contributed by atoms with E-state index < -0.39 is 0 Å². The smallest absolute Gasteiger partial charge is 0.271 e. The van der Waals surface area contributed by atoms with Crippen LogP contribution in [0.25, 0.3) is 5.65 Å². The zero-order valence-corrected chi connectivity index (χ0v) is 16.2. The van der Waals surface area contributed by atoms with E-state index in [1.54, 1.807) is 29.0 Å². The molecule has 2 atom stereocenters. The molecule has 6 nitrogen and oxygen atoms in total. The first-order chi connectivity index (χ1) is 12.9. The number of amides is 1. The van der Waals surface area contributed by atoms with Crippen molar-refractivity contribution >= 4 is 11.6 Å². The molecule has 144 valence electrons. The standard InChI is InChI=1S/C21H28N4O2/c1-19-9-15-10-20(2,12-19)14-21(11-15,13-19)27-7-5-23-18(26)16-8-17-22-4-3-6-25(17)24-16/h3-4,6,8,15H,5,7,9-14H2,1-2H3,(H,23,26). The zero-order chi connectivity index (χ0) is 18.7. The Morgan fingerprint density at radius 3 is 2.74 bits per heavy atom. The Bertz CT molecular complexity index is 840. The van der Waals surface area contributed by atoms with E-state index in [-0.39, 0.29) is 11.5 Å². The van der Waals surface area contributed by atoms with Gasteiger partial charge in [0.05, 0.1) is 12.2 Å². The lowest BCUT2D eigenvalue weighted by Gasteiger charge is -2.65. The number of rotatable bonds is 5. The van der Waals surface area contributed by atoms with E-state index in [0.717, 1.165) is 5.92 Å². The van der Waals surface area contributed by atoms with Crippen molar-refractivity contribution in [2.75, 3.05) is 13.2 Å². The average molecular weight is 368 g/mol. The number of carbonyl (C=O) groups is 1. The first kappa shape index (κ1) is 17.2. The number of nitrogens with zero attached hydrogens (tertiary/aromatic N) is 3. The molecule has 6 rings (SSSR count). The number of aromatic nitrogens is 3. The minimum absolute atomic E-state index is 0.0284. The van der Waals surface area contributed by atoms with Crippen LogP contribution in [0.3, 0.4) is 0 Å². The van der Waals surface area contributed by atoms with Gasteiger partial charge in [0, 0.05) is 25.0 Å². The molecule has 4 saturated carbocycles. The summed E-state index contributed by atoms with van der Waals surface area (Å²) >= 11 is 0. The first-order valence-corrected chi connectivity index (χ1v) is 10.1. The van der Waals surface area contributed by atoms with Gasteiger partial charge in [-0.1, -0.05) is 13.8 Å². The lowest BCUT2D eigenvalue weighted by molar-refractivity contribution is -0.213. The molecule has 4 aliphatic rings. The van der Waals surface area contributed by atoms with Gasteiger partial charge in [0.1, 0.15) is 0 Å². The van der Waals surface area contributed by atoms with E-state index in [9.17, 15) is 4.79 Å². The number of ether oxygens (including phenoxy) is 1. The molecule has 0 aromatic carbocycles. The summed E-state index contributed by atoms with van der Waals surface area (Å²) in [7, 11) is 0. The fraction of sp³-hybridized carbons (Fsp3) is 0.667. The number of carbonyl (C=O) groups excluding carboxylic acids is 1. The third-order valence-electron chi connectivity index (χ3n) is 6.84. The molecular formula is C21H28N4O2. The van der Waals surface area contributed by atoms with Crippen LogP contribution in [0.5, 0.6) is 0 Å². The van der Waals surface area contributed by atoms with Crippen molar-refractivity contribution in [3.63, 3.8) is 0 Å². The van der Waals surface area contributed by atoms with Gasteiger partial charge in [0.15, 0.2) is 11.3 Å². The van der Waals surface area contributed by atoms with Crippen LogP contribution in [0.4, 0.5) is 0 Å². The maximum absolute atomic E-state index is 12.4. The van der Waals surface area contributed by atoms with Crippen LogP contribution < -0.4 is 5.32 Å². The van der Waals surface area contributed by atoms with E-state index >= 15 is 0 Å². The normalized spacial score (nSPS) is 37.0. The Balaban J connectivity index is 1.19. The molecule has 0 radical (unpaired) electrons. The summed E-state index contributed by atoms with van der Waals surface area (Å²) in [4.78, 5) is 16.6. The van der Waals surface area contributed by atoms with Gasteiger partial charge in [-0.15, -0.1) is 0 Å². The molecule has 6 heteroatoms. The lowest BCUT2D eigenvalue weighted by Crippen LogP contribution is -2.59. The number of hydrogen-bond donors (Lipinski definition) is 1. The highest BCUT2D eigenvalue weighted by Gasteiger charge is 2.60. The summed E-state index contributed by atoms with van der Waals surface area (Å²) in [5.41, 5.74) is 1.99. The Morgan fingerprint density at radius 1 is 1.26 bits per heavy atom. The summed E-state index contributed by atoms with van der Waals surface area (Å²) in [6, 6.07) is 3.50. The molecule has 0 aliphatic heterocycles. The van der Waals surface area contributed by atoms with E-state index in [1.165, 1.54) is 38.5 Å². The van der Waals surface area contributed by atoms with Crippen LogP contribution in [-0.4, -0.2) is 39.3 Å². The molecule has 4 bridgehead atoms. The Labute approximate surface area is 159 Å². The number of nitrogens with one attached hydrogen (secondary N) is 1. The second-order valence-corrected chi connectivity index (χ2v) is 9.87. The second-order valence-electron chi connectivity index (χ2n) is 9.87. The Hall–Kier alpha value is -1.95. The summed E-state index contributed by atoms with van der Waals surface area (Å²) in [5, 5.41) is 7.21. The van der Waals surface area contributed by atoms with Gasteiger partial charge in [-0.25, -0.2) is 9.50 Å². The Morgan fingerprint density at radius 2 is 2.04 bits per heavy atom. The van der Waals surface area contributed by atoms with Crippen LogP contribution in [0.15, 0.2) is 24.5 Å². The summed E-state index contributed by atoms with van der Waals surface area (Å²) in [6.07, 6.45) is 11.1. The van der Waals surface area contributed by atoms with Crippen molar-refractivity contribution in [1.82, 2.24) is 19.9 Å². The molecule has 27 heavy (non-hydrogen) atoms. The minimum Gasteiger partial charge on any atom is -0.373 e. The van der Waals surface area contributed by atoms with Gasteiger partial charge in [-0.2, -0.15) is 5.10 Å². The molecule has 2 unspecified atom stereocenters. The molecule has 0 spiro atoms. The SMILES string of the molecule is CC12CC3CC(C)(C1)CC(OCCNC(=O)c1cc4ncccn4n1)(C3)C2. The third kappa shape index (κ3) is 3.04. The third-order valence-corrected chi connectivity index (χ3v) is 6.84. The fourth-order valence-corrected chi connectivity index (χ4v) is 6.97. The van der Waals surface area contributed by atoms with Gasteiger partial charge >= 0.3 is 0 Å². The molecule has 0 saturated heterocycles. The quantitative estimate of drug-likeness (QED) is 0.823. The van der Waals surface area contributed by atoms with Gasteiger partial charge in [-0.3, -0.25) is 4.79 Å². The monoisotopic (exact) mass is 368 g/mol. The van der Waals surface area contributed by atoms with E-state index in [4.69, 9.17) is 4.74 Å². The molecule has 2 aromatic rings. The van der Waals surface area contributed by atoms with Crippen molar-refractivity contribution in [1.29, 1.82) is 0 Å². The van der Waals surface area contributed by atoms with Crippen LogP contribution in [0.1, 0.15) is 62.9 Å². The maximum Gasteiger partial charge on any atom is 0.271 e. The number of hydrogen-bond acceptors (Lipinski definition) is 4. The molecule has 4 fully saturated rings. The summed E-state index contributed by atoms with van der Waals surface area (Å²) < 4.78 is 8.08. The molecule has 2 aromatic heterocycles. The van der Waals surface area contributed by atoms with Gasteiger partial charge < -0.3 is 10.1 Å². The van der Waals surface area contributed by atoms with Crippen LogP contribution >= 0.6 is 0 Å². The van der Waals surface area contributed by atoms with Crippen LogP contribution in [0, 0.1) is 16.7 Å². The van der Waals surface area contributed by atoms with Crippen molar-refractivity contribution < 1.29 is 9.53 Å². The average Bonchev–Trinajstić information content (AvgIpc) is 2.99. The minimum atomic E-state index is -0.173. The predicted molar refractivity (Wildman–Crippen MR) is 101 cm³/mol. The van der Waals surface area contributed by atoms with E-state index in [2.05, 4.69) is 29.2 Å². The van der Waals surface area contributed by atoms with Crippen molar-refractivity contribution in [3.8, 4) is 0 Å². The largest absolute Gasteiger partial charge is 0.373 e. The van der Waals surface area contributed by atoms with E-state index in [1.807, 2.05) is 0 Å². The van der Waals surface area contributed by atoms with Crippen molar-refractivity contribution in [2.45, 2.75) is 58.0 Å². The van der Waals surface area contributed by atoms with Crippen molar-refractivity contribution in [2.24, 2.45) is 16.7 Å². The number of fused-ring (bicyclic) bond motifs is 1. The zero-order valence-electron chi connectivity index (χ0n) is 16.2. The maximum atomic E-state index is 12.4. The van der Waals surface area contributed by atoms with Gasteiger partial charge in [0.25, 0.3) is 5.91 Å². The molecule has 2 heterocycles. The van der Waals surface area contributed by atoms with Gasteiger partial charge in [0.2, 0.25) is 0 Å². The van der Waals surface area contributed by atoms with Crippen LogP contribution in [-0.2, 0) is 4.74 Å². The predicted octanol–water partition coefficient (Wildman–Crippen LogP) is 3.22. The molecule has 1 amide bonds. The fourth-order valence-electron chi connectivity index (χ4n) is 6.97. The molecule has 4 aliphatic carbocycles. The van der Waals surface area contributed by atoms with Crippen molar-refractivity contribution in [3.05, 3.63) is 30.2 Å². The Kier molecular flexibility index (Phi) is 3.67. The first-order valence-electron chi connectivity index (χ1n) is 10.1. The lowest BCUT2D eigenvalue weighted by atomic mass is 9.43.